The maximum atomic E-state index is 11.5. The van der Waals surface area contributed by atoms with Crippen LogP contribution in [-0.4, -0.2) is 26.5 Å². The number of hydrogen-bond acceptors (Lipinski definition) is 9. The number of non-ortho nitro benzene ring substituents is 1. The first-order chi connectivity index (χ1) is 10.9. The van der Waals surface area contributed by atoms with E-state index in [-0.39, 0.29) is 0 Å². The molecule has 0 saturated heterocycles. The third-order valence-electron chi connectivity index (χ3n) is 2.27. The quantitative estimate of drug-likeness (QED) is 0.619. The monoisotopic (exact) mass is 344 g/mol. The molecular formula is C11H12N4O9. The number of amides is 1. The van der Waals surface area contributed by atoms with E-state index in [0.29, 0.717) is 12.1 Å². The van der Waals surface area contributed by atoms with Crippen LogP contribution in [0.1, 0.15) is 20.8 Å². The summed E-state index contributed by atoms with van der Waals surface area (Å²) in [5.41, 5.74) is -2.26. The predicted molar refractivity (Wildman–Crippen MR) is 76.4 cm³/mol. The first-order valence-electron chi connectivity index (χ1n) is 6.19. The van der Waals surface area contributed by atoms with E-state index in [1.165, 1.54) is 20.8 Å². The summed E-state index contributed by atoms with van der Waals surface area (Å²) in [6, 6.07) is 0.943. The molecule has 0 aliphatic heterocycles. The van der Waals surface area contributed by atoms with Gasteiger partial charge < -0.3 is 9.57 Å². The Morgan fingerprint density at radius 3 is 1.79 bits per heavy atom. The Balaban J connectivity index is 3.25. The summed E-state index contributed by atoms with van der Waals surface area (Å²) >= 11 is 0. The number of hydrogen-bond donors (Lipinski definition) is 1. The van der Waals surface area contributed by atoms with Crippen molar-refractivity contribution in [1.82, 2.24) is 5.48 Å². The molecule has 1 amide bonds. The molecule has 0 fully saturated rings. The Bertz CT molecular complexity index is 675. The predicted octanol–water partition coefficient (Wildman–Crippen LogP) is 2.23. The number of benzene rings is 1. The van der Waals surface area contributed by atoms with Crippen LogP contribution in [0.2, 0.25) is 0 Å². The van der Waals surface area contributed by atoms with E-state index >= 15 is 0 Å². The van der Waals surface area contributed by atoms with E-state index in [4.69, 9.17) is 4.74 Å². The van der Waals surface area contributed by atoms with Crippen molar-refractivity contribution in [1.29, 1.82) is 0 Å². The first kappa shape index (κ1) is 18.5. The normalized spacial score (nSPS) is 10.6. The largest absolute Gasteiger partial charge is 0.442 e. The fourth-order valence-electron chi connectivity index (χ4n) is 1.46. The Morgan fingerprint density at radius 1 is 1.00 bits per heavy atom. The number of nitrogens with zero attached hydrogens (tertiary/aromatic N) is 3. The van der Waals surface area contributed by atoms with Crippen LogP contribution in [0.4, 0.5) is 21.9 Å². The van der Waals surface area contributed by atoms with Crippen LogP contribution in [0.25, 0.3) is 0 Å². The van der Waals surface area contributed by atoms with E-state index in [2.05, 4.69) is 4.84 Å². The molecule has 0 aliphatic rings. The molecule has 1 rings (SSSR count). The Labute approximate surface area is 133 Å². The van der Waals surface area contributed by atoms with E-state index in [1.54, 1.807) is 5.48 Å². The lowest BCUT2D eigenvalue weighted by Crippen LogP contribution is -2.34. The summed E-state index contributed by atoms with van der Waals surface area (Å²) in [5.74, 6) is -0.971. The molecule has 0 heterocycles. The Hall–Kier alpha value is -3.51. The lowest BCUT2D eigenvalue weighted by Gasteiger charge is -2.19. The zero-order valence-corrected chi connectivity index (χ0v) is 12.7. The minimum atomic E-state index is -1.16. The Kier molecular flexibility index (Phi) is 5.19. The topological polar surface area (TPSA) is 177 Å². The van der Waals surface area contributed by atoms with Gasteiger partial charge in [0, 0.05) is 0 Å². The first-order valence-corrected chi connectivity index (χ1v) is 6.19. The lowest BCUT2D eigenvalue weighted by atomic mass is 10.2. The van der Waals surface area contributed by atoms with Crippen molar-refractivity contribution < 1.29 is 29.1 Å². The second kappa shape index (κ2) is 6.72. The molecule has 0 saturated carbocycles. The van der Waals surface area contributed by atoms with Gasteiger partial charge in [-0.25, -0.2) is 4.79 Å². The fraction of sp³-hybridized carbons (Fsp3) is 0.364. The van der Waals surface area contributed by atoms with E-state index < -0.39 is 49.3 Å². The molecule has 130 valence electrons. The maximum absolute atomic E-state index is 11.5. The molecule has 0 aromatic heterocycles. The molecule has 1 N–H and O–H groups in total. The second-order valence-corrected chi connectivity index (χ2v) is 5.29. The lowest BCUT2D eigenvalue weighted by molar-refractivity contribution is -0.404. The summed E-state index contributed by atoms with van der Waals surface area (Å²) in [7, 11) is 0. The van der Waals surface area contributed by atoms with Crippen molar-refractivity contribution >= 4 is 23.2 Å². The summed E-state index contributed by atoms with van der Waals surface area (Å²) < 4.78 is 4.80. The Morgan fingerprint density at radius 2 is 1.46 bits per heavy atom. The molecule has 0 spiro atoms. The van der Waals surface area contributed by atoms with Gasteiger partial charge in [-0.15, -0.1) is 0 Å². The highest BCUT2D eigenvalue weighted by molar-refractivity contribution is 5.69. The molecule has 24 heavy (non-hydrogen) atoms. The van der Waals surface area contributed by atoms with Crippen LogP contribution in [-0.2, 0) is 4.74 Å². The highest BCUT2D eigenvalue weighted by Crippen LogP contribution is 2.40. The molecular weight excluding hydrogens is 332 g/mol. The molecule has 0 radical (unpaired) electrons. The van der Waals surface area contributed by atoms with Crippen LogP contribution in [0.5, 0.6) is 5.75 Å². The van der Waals surface area contributed by atoms with Crippen LogP contribution in [0.3, 0.4) is 0 Å². The number of carbonyl (C=O) groups excluding carboxylic acids is 1. The van der Waals surface area contributed by atoms with Crippen molar-refractivity contribution in [2.45, 2.75) is 26.4 Å². The molecule has 0 atom stereocenters. The maximum Gasteiger partial charge on any atom is 0.441 e. The van der Waals surface area contributed by atoms with Gasteiger partial charge in [0.1, 0.15) is 5.60 Å². The second-order valence-electron chi connectivity index (χ2n) is 5.29. The molecule has 13 heteroatoms. The molecule has 0 bridgehead atoms. The van der Waals surface area contributed by atoms with Crippen molar-refractivity contribution in [3.63, 3.8) is 0 Å². The highest BCUT2D eigenvalue weighted by atomic mass is 16.7. The molecule has 0 unspecified atom stereocenters. The van der Waals surface area contributed by atoms with Gasteiger partial charge in [-0.05, 0) is 20.8 Å². The van der Waals surface area contributed by atoms with E-state index in [9.17, 15) is 35.1 Å². The third kappa shape index (κ3) is 4.75. The summed E-state index contributed by atoms with van der Waals surface area (Å²) in [6.07, 6.45) is -1.16. The average Bonchev–Trinajstić information content (AvgIpc) is 2.41. The van der Waals surface area contributed by atoms with Gasteiger partial charge in [0.15, 0.2) is 0 Å². The van der Waals surface area contributed by atoms with Crippen molar-refractivity contribution in [3.8, 4) is 5.75 Å². The van der Waals surface area contributed by atoms with Crippen LogP contribution in [0, 0.1) is 30.3 Å². The highest BCUT2D eigenvalue weighted by Gasteiger charge is 2.33. The van der Waals surface area contributed by atoms with Gasteiger partial charge >= 0.3 is 23.2 Å². The third-order valence-corrected chi connectivity index (χ3v) is 2.27. The standard InChI is InChI=1S/C11H12N4O9/c1-11(2,3)23-10(16)12-24-9-7(14(19)20)4-6(13(17)18)5-8(9)15(21)22/h4-5H,1-3H3,(H,12,16). The van der Waals surface area contributed by atoms with Gasteiger partial charge in [-0.3, -0.25) is 30.3 Å². The van der Waals surface area contributed by atoms with Crippen molar-refractivity contribution in [3.05, 3.63) is 42.5 Å². The zero-order chi connectivity index (χ0) is 18.7. The van der Waals surface area contributed by atoms with Gasteiger partial charge in [0.25, 0.3) is 5.69 Å². The summed E-state index contributed by atoms with van der Waals surface area (Å²) in [5, 5.41) is 32.7. The summed E-state index contributed by atoms with van der Waals surface area (Å²) in [4.78, 5) is 45.5. The van der Waals surface area contributed by atoms with Crippen LogP contribution in [0.15, 0.2) is 12.1 Å². The average molecular weight is 344 g/mol. The van der Waals surface area contributed by atoms with Gasteiger partial charge in [0.2, 0.25) is 0 Å². The van der Waals surface area contributed by atoms with Gasteiger partial charge in [-0.1, -0.05) is 0 Å². The zero-order valence-electron chi connectivity index (χ0n) is 12.7. The minimum absolute atomic E-state index is 0.471. The molecule has 13 nitrogen and oxygen atoms in total. The number of hydroxylamine groups is 1. The summed E-state index contributed by atoms with van der Waals surface area (Å²) in [6.45, 7) is 4.59. The number of nitrogens with one attached hydrogen (secondary N) is 1. The number of nitro groups is 3. The number of ether oxygens (including phenoxy) is 1. The van der Waals surface area contributed by atoms with Crippen molar-refractivity contribution in [2.75, 3.05) is 0 Å². The van der Waals surface area contributed by atoms with Crippen molar-refractivity contribution in [2.24, 2.45) is 0 Å². The fourth-order valence-corrected chi connectivity index (χ4v) is 1.46. The van der Waals surface area contributed by atoms with Gasteiger partial charge in [0.05, 0.1) is 26.9 Å². The van der Waals surface area contributed by atoms with Crippen LogP contribution >= 0.6 is 0 Å². The number of rotatable bonds is 5. The molecule has 1 aromatic carbocycles. The SMILES string of the molecule is CC(C)(C)OC(=O)NOc1c([N+](=O)[O-])cc([N+](=O)[O-])cc1[N+](=O)[O-]. The number of carbonyl (C=O) groups is 1. The van der Waals surface area contributed by atoms with Crippen LogP contribution < -0.4 is 10.3 Å². The molecule has 1 aromatic rings. The van der Waals surface area contributed by atoms with E-state index in [1.807, 2.05) is 0 Å². The minimum Gasteiger partial charge on any atom is -0.442 e. The number of nitro benzene ring substituents is 3. The van der Waals surface area contributed by atoms with Gasteiger partial charge in [-0.2, -0.15) is 5.48 Å². The van der Waals surface area contributed by atoms with E-state index in [0.717, 1.165) is 0 Å². The smallest absolute Gasteiger partial charge is 0.441 e. The molecule has 0 aliphatic carbocycles.